The van der Waals surface area contributed by atoms with E-state index >= 15 is 0 Å². The van der Waals surface area contributed by atoms with Crippen LogP contribution in [0.4, 0.5) is 0 Å². The van der Waals surface area contributed by atoms with Gasteiger partial charge in [0.15, 0.2) is 0 Å². The normalized spacial score (nSPS) is 27.2. The highest BCUT2D eigenvalue weighted by Crippen LogP contribution is 2.27. The fourth-order valence-electron chi connectivity index (χ4n) is 2.51. The SMILES string of the molecule is CCC(C)n1ccc(CC2CCC(N)C2)n1. The van der Waals surface area contributed by atoms with Crippen molar-refractivity contribution < 1.29 is 0 Å². The lowest BCUT2D eigenvalue weighted by Crippen LogP contribution is -2.15. The summed E-state index contributed by atoms with van der Waals surface area (Å²) in [5.74, 6) is 0.760. The van der Waals surface area contributed by atoms with Crippen LogP contribution in [0.1, 0.15) is 51.3 Å². The van der Waals surface area contributed by atoms with Crippen molar-refractivity contribution in [1.29, 1.82) is 0 Å². The molecule has 2 N–H and O–H groups in total. The first-order chi connectivity index (χ1) is 7.69. The maximum Gasteiger partial charge on any atom is 0.0627 e. The van der Waals surface area contributed by atoms with E-state index in [2.05, 4.69) is 35.9 Å². The summed E-state index contributed by atoms with van der Waals surface area (Å²) < 4.78 is 2.09. The van der Waals surface area contributed by atoms with Crippen LogP contribution >= 0.6 is 0 Å². The molecule has 1 aromatic heterocycles. The zero-order valence-corrected chi connectivity index (χ0v) is 10.4. The molecule has 3 unspecified atom stereocenters. The van der Waals surface area contributed by atoms with Crippen molar-refractivity contribution in [3.63, 3.8) is 0 Å². The average molecular weight is 221 g/mol. The van der Waals surface area contributed by atoms with E-state index in [9.17, 15) is 0 Å². The third-order valence-electron chi connectivity index (χ3n) is 3.79. The first-order valence-electron chi connectivity index (χ1n) is 6.48. The van der Waals surface area contributed by atoms with Gasteiger partial charge in [-0.1, -0.05) is 6.92 Å². The molecule has 90 valence electrons. The minimum Gasteiger partial charge on any atom is -0.328 e. The molecular formula is C13H23N3. The molecule has 0 amide bonds. The second-order valence-electron chi connectivity index (χ2n) is 5.19. The van der Waals surface area contributed by atoms with Crippen molar-refractivity contribution in [1.82, 2.24) is 9.78 Å². The third kappa shape index (κ3) is 2.64. The Balaban J connectivity index is 1.92. The Morgan fingerprint density at radius 1 is 1.56 bits per heavy atom. The van der Waals surface area contributed by atoms with Gasteiger partial charge in [-0.05, 0) is 51.0 Å². The molecule has 1 saturated carbocycles. The molecule has 3 atom stereocenters. The van der Waals surface area contributed by atoms with Gasteiger partial charge >= 0.3 is 0 Å². The van der Waals surface area contributed by atoms with E-state index in [-0.39, 0.29) is 0 Å². The van der Waals surface area contributed by atoms with Crippen molar-refractivity contribution in [2.45, 2.75) is 58.0 Å². The van der Waals surface area contributed by atoms with Crippen LogP contribution in [0.15, 0.2) is 12.3 Å². The first-order valence-corrected chi connectivity index (χ1v) is 6.48. The number of nitrogens with two attached hydrogens (primary N) is 1. The van der Waals surface area contributed by atoms with Crippen LogP contribution in [0, 0.1) is 5.92 Å². The molecule has 0 spiro atoms. The van der Waals surface area contributed by atoms with Gasteiger partial charge in [0.2, 0.25) is 0 Å². The Morgan fingerprint density at radius 3 is 3.00 bits per heavy atom. The summed E-state index contributed by atoms with van der Waals surface area (Å²) in [4.78, 5) is 0. The van der Waals surface area contributed by atoms with E-state index in [0.29, 0.717) is 12.1 Å². The molecule has 1 aromatic rings. The number of hydrogen-bond acceptors (Lipinski definition) is 2. The van der Waals surface area contributed by atoms with Crippen molar-refractivity contribution in [3.8, 4) is 0 Å². The molecule has 0 bridgehead atoms. The van der Waals surface area contributed by atoms with Gasteiger partial charge in [0.05, 0.1) is 5.69 Å². The lowest BCUT2D eigenvalue weighted by molar-refractivity contribution is 0.463. The van der Waals surface area contributed by atoms with E-state index in [4.69, 9.17) is 5.73 Å². The van der Waals surface area contributed by atoms with Crippen LogP contribution in [-0.2, 0) is 6.42 Å². The minimum atomic E-state index is 0.432. The topological polar surface area (TPSA) is 43.8 Å². The van der Waals surface area contributed by atoms with Gasteiger partial charge in [0, 0.05) is 18.3 Å². The maximum absolute atomic E-state index is 5.93. The molecular weight excluding hydrogens is 198 g/mol. The van der Waals surface area contributed by atoms with E-state index in [1.165, 1.54) is 25.0 Å². The molecule has 0 aliphatic heterocycles. The first kappa shape index (κ1) is 11.6. The number of hydrogen-bond donors (Lipinski definition) is 1. The molecule has 1 aliphatic carbocycles. The van der Waals surface area contributed by atoms with Crippen LogP contribution in [0.25, 0.3) is 0 Å². The van der Waals surface area contributed by atoms with Crippen molar-refractivity contribution in [2.24, 2.45) is 11.7 Å². The van der Waals surface area contributed by atoms with Crippen molar-refractivity contribution in [3.05, 3.63) is 18.0 Å². The minimum absolute atomic E-state index is 0.432. The predicted molar refractivity (Wildman–Crippen MR) is 66.2 cm³/mol. The van der Waals surface area contributed by atoms with E-state index in [0.717, 1.165) is 18.8 Å². The summed E-state index contributed by atoms with van der Waals surface area (Å²) >= 11 is 0. The van der Waals surface area contributed by atoms with Crippen LogP contribution in [0.2, 0.25) is 0 Å². The van der Waals surface area contributed by atoms with Gasteiger partial charge in [-0.25, -0.2) is 0 Å². The Hall–Kier alpha value is -0.830. The van der Waals surface area contributed by atoms with Gasteiger partial charge in [-0.3, -0.25) is 4.68 Å². The fraction of sp³-hybridized carbons (Fsp3) is 0.769. The molecule has 2 rings (SSSR count). The highest BCUT2D eigenvalue weighted by atomic mass is 15.3. The largest absolute Gasteiger partial charge is 0.328 e. The summed E-state index contributed by atoms with van der Waals surface area (Å²) in [5, 5.41) is 4.65. The third-order valence-corrected chi connectivity index (χ3v) is 3.79. The summed E-state index contributed by atoms with van der Waals surface area (Å²) in [6.45, 7) is 4.41. The second-order valence-corrected chi connectivity index (χ2v) is 5.19. The fourth-order valence-corrected chi connectivity index (χ4v) is 2.51. The lowest BCUT2D eigenvalue weighted by atomic mass is 10.0. The number of rotatable bonds is 4. The smallest absolute Gasteiger partial charge is 0.0627 e. The van der Waals surface area contributed by atoms with Crippen LogP contribution in [0.5, 0.6) is 0 Å². The Morgan fingerprint density at radius 2 is 2.38 bits per heavy atom. The van der Waals surface area contributed by atoms with E-state index < -0.39 is 0 Å². The summed E-state index contributed by atoms with van der Waals surface area (Å²) in [5.41, 5.74) is 7.16. The van der Waals surface area contributed by atoms with Crippen LogP contribution in [0.3, 0.4) is 0 Å². The molecule has 1 aliphatic rings. The summed E-state index contributed by atoms with van der Waals surface area (Å²) in [6.07, 6.45) is 8.00. The zero-order chi connectivity index (χ0) is 11.5. The standard InChI is InChI=1S/C13H23N3/c1-3-10(2)16-7-6-13(15-16)9-11-4-5-12(14)8-11/h6-7,10-12H,3-5,8-9,14H2,1-2H3. The van der Waals surface area contributed by atoms with Crippen LogP contribution < -0.4 is 5.73 Å². The summed E-state index contributed by atoms with van der Waals surface area (Å²) in [7, 11) is 0. The van der Waals surface area contributed by atoms with Crippen molar-refractivity contribution >= 4 is 0 Å². The van der Waals surface area contributed by atoms with Gasteiger partial charge in [-0.15, -0.1) is 0 Å². The van der Waals surface area contributed by atoms with E-state index in [1.807, 2.05) is 0 Å². The average Bonchev–Trinajstić information content (AvgIpc) is 2.87. The monoisotopic (exact) mass is 221 g/mol. The Bertz CT molecular complexity index is 332. The molecule has 3 nitrogen and oxygen atoms in total. The summed E-state index contributed by atoms with van der Waals surface area (Å²) in [6, 6.07) is 3.11. The van der Waals surface area contributed by atoms with Gasteiger partial charge in [-0.2, -0.15) is 5.10 Å². The molecule has 1 heterocycles. The van der Waals surface area contributed by atoms with Crippen molar-refractivity contribution in [2.75, 3.05) is 0 Å². The van der Waals surface area contributed by atoms with Gasteiger partial charge < -0.3 is 5.73 Å². The van der Waals surface area contributed by atoms with Gasteiger partial charge in [0.25, 0.3) is 0 Å². The van der Waals surface area contributed by atoms with Gasteiger partial charge in [0.1, 0.15) is 0 Å². The quantitative estimate of drug-likeness (QED) is 0.849. The lowest BCUT2D eigenvalue weighted by Gasteiger charge is -2.09. The van der Waals surface area contributed by atoms with E-state index in [1.54, 1.807) is 0 Å². The zero-order valence-electron chi connectivity index (χ0n) is 10.4. The molecule has 0 aromatic carbocycles. The predicted octanol–water partition coefficient (Wildman–Crippen LogP) is 2.52. The highest BCUT2D eigenvalue weighted by Gasteiger charge is 2.22. The molecule has 16 heavy (non-hydrogen) atoms. The molecule has 3 heteroatoms. The molecule has 0 radical (unpaired) electrons. The number of aromatic nitrogens is 2. The second kappa shape index (κ2) is 5.00. The number of nitrogens with zero attached hydrogens (tertiary/aromatic N) is 2. The molecule has 1 fully saturated rings. The molecule has 0 saturated heterocycles. The maximum atomic E-state index is 5.93. The Kier molecular flexibility index (Phi) is 3.64. The van der Waals surface area contributed by atoms with Crippen LogP contribution in [-0.4, -0.2) is 15.8 Å². The highest BCUT2D eigenvalue weighted by molar-refractivity contribution is 5.02. The Labute approximate surface area is 98.0 Å².